The smallest absolute Gasteiger partial charge is 0.317 e. The van der Waals surface area contributed by atoms with E-state index in [1.54, 1.807) is 0 Å². The van der Waals surface area contributed by atoms with Crippen LogP contribution in [0.2, 0.25) is 0 Å². The van der Waals surface area contributed by atoms with Crippen molar-refractivity contribution >= 4 is 23.3 Å². The van der Waals surface area contributed by atoms with Crippen LogP contribution in [0.5, 0.6) is 0 Å². The number of fused-ring (bicyclic) bond motifs is 2. The fourth-order valence-corrected chi connectivity index (χ4v) is 6.74. The van der Waals surface area contributed by atoms with Crippen LogP contribution < -0.4 is 0 Å². The van der Waals surface area contributed by atoms with Gasteiger partial charge in [-0.1, -0.05) is 24.3 Å². The van der Waals surface area contributed by atoms with Crippen molar-refractivity contribution in [3.63, 3.8) is 0 Å². The van der Waals surface area contributed by atoms with E-state index >= 15 is 0 Å². The number of aliphatic imine (C=N–C) groups is 1. The Bertz CT molecular complexity index is 1020. The number of carbonyl (C=O) groups is 2. The Balaban J connectivity index is 1.85. The molecule has 30 heavy (non-hydrogen) atoms. The number of esters is 2. The summed E-state index contributed by atoms with van der Waals surface area (Å²) in [5, 5.41) is 13.9. The fourth-order valence-electron chi connectivity index (χ4n) is 6.74. The van der Waals surface area contributed by atoms with Gasteiger partial charge in [0.15, 0.2) is 0 Å². The Labute approximate surface area is 175 Å². The number of ether oxygens (including phenoxy) is 2. The summed E-state index contributed by atoms with van der Waals surface area (Å²) in [6, 6.07) is 7.49. The molecule has 1 aromatic rings. The van der Waals surface area contributed by atoms with E-state index in [1.165, 1.54) is 14.0 Å². The molecule has 3 fully saturated rings. The molecule has 0 aromatic heterocycles. The largest absolute Gasteiger partial charge is 0.632 e. The van der Waals surface area contributed by atoms with E-state index in [-0.39, 0.29) is 23.2 Å². The normalized spacial score (nSPS) is 39.2. The molecule has 3 heterocycles. The third-order valence-corrected chi connectivity index (χ3v) is 7.93. The highest BCUT2D eigenvalue weighted by atomic mass is 16.6. The number of allylic oxidation sites excluding steroid dienone is 1. The van der Waals surface area contributed by atoms with Crippen LogP contribution in [0.25, 0.3) is 0 Å². The van der Waals surface area contributed by atoms with Crippen LogP contribution in [0.1, 0.15) is 32.3 Å². The van der Waals surface area contributed by atoms with Crippen molar-refractivity contribution in [2.45, 2.75) is 38.1 Å². The Morgan fingerprint density at radius 3 is 2.83 bits per heavy atom. The number of nitrogens with zero attached hydrogens (tertiary/aromatic N) is 2. The summed E-state index contributed by atoms with van der Waals surface area (Å²) in [5.74, 6) is -1.09. The molecule has 2 unspecified atom stereocenters. The van der Waals surface area contributed by atoms with E-state index < -0.39 is 22.8 Å². The fraction of sp³-hybridized carbons (Fsp3) is 0.522. The highest BCUT2D eigenvalue weighted by Crippen LogP contribution is 2.67. The average Bonchev–Trinajstić information content (AvgIpc) is 3.09. The van der Waals surface area contributed by atoms with Crippen LogP contribution in [-0.2, 0) is 24.5 Å². The first-order valence-corrected chi connectivity index (χ1v) is 10.5. The Kier molecular flexibility index (Phi) is 4.05. The van der Waals surface area contributed by atoms with Gasteiger partial charge in [0, 0.05) is 25.7 Å². The van der Waals surface area contributed by atoms with Gasteiger partial charge in [0.25, 0.3) is 0 Å². The molecule has 0 N–H and O–H groups in total. The van der Waals surface area contributed by atoms with E-state index in [9.17, 15) is 14.8 Å². The lowest BCUT2D eigenvalue weighted by Gasteiger charge is -2.68. The second-order valence-corrected chi connectivity index (χ2v) is 8.91. The van der Waals surface area contributed by atoms with Crippen LogP contribution >= 0.6 is 0 Å². The van der Waals surface area contributed by atoms with Gasteiger partial charge in [0.1, 0.15) is 24.6 Å². The molecule has 158 valence electrons. The van der Waals surface area contributed by atoms with Gasteiger partial charge in [-0.3, -0.25) is 14.6 Å². The number of hydrogen-bond acceptors (Lipinski definition) is 6. The zero-order valence-electron chi connectivity index (χ0n) is 17.5. The van der Waals surface area contributed by atoms with Gasteiger partial charge in [-0.15, -0.1) is 0 Å². The van der Waals surface area contributed by atoms with Gasteiger partial charge in [0.2, 0.25) is 0 Å². The SMILES string of the molecule is C/C=C1/C[N+]2([O-])CC[C@]34C(=Nc5ccccc53)[C@@H]2C[C@H]1C4(COC(C)=O)C(=O)OC. The highest BCUT2D eigenvalue weighted by Gasteiger charge is 2.76. The summed E-state index contributed by atoms with van der Waals surface area (Å²) in [4.78, 5) is 30.5. The maximum atomic E-state index is 13.9. The van der Waals surface area contributed by atoms with Gasteiger partial charge in [-0.25, -0.2) is 0 Å². The van der Waals surface area contributed by atoms with E-state index in [2.05, 4.69) is 0 Å². The quantitative estimate of drug-likeness (QED) is 0.331. The van der Waals surface area contributed by atoms with Gasteiger partial charge in [-0.05, 0) is 24.1 Å². The molecule has 5 rings (SSSR count). The molecule has 0 radical (unpaired) electrons. The number of benzene rings is 1. The van der Waals surface area contributed by atoms with Crippen molar-refractivity contribution < 1.29 is 23.7 Å². The van der Waals surface area contributed by atoms with Crippen molar-refractivity contribution in [1.82, 2.24) is 0 Å². The number of rotatable bonds is 3. The minimum Gasteiger partial charge on any atom is -0.632 e. The van der Waals surface area contributed by atoms with Crippen molar-refractivity contribution in [2.75, 3.05) is 26.8 Å². The zero-order chi connectivity index (χ0) is 21.3. The second-order valence-electron chi connectivity index (χ2n) is 8.91. The third kappa shape index (κ3) is 2.09. The number of methoxy groups -OCH3 is 1. The molecule has 5 atom stereocenters. The molecule has 1 aromatic carbocycles. The first kappa shape index (κ1) is 19.5. The highest BCUT2D eigenvalue weighted by molar-refractivity contribution is 6.10. The first-order valence-electron chi connectivity index (χ1n) is 10.5. The lowest BCUT2D eigenvalue weighted by molar-refractivity contribution is -0.901. The molecule has 3 aliphatic heterocycles. The average molecular weight is 410 g/mol. The van der Waals surface area contributed by atoms with Crippen LogP contribution in [0.4, 0.5) is 5.69 Å². The van der Waals surface area contributed by atoms with Crippen LogP contribution in [0.3, 0.4) is 0 Å². The minimum absolute atomic E-state index is 0.0874. The Morgan fingerprint density at radius 1 is 1.37 bits per heavy atom. The maximum Gasteiger partial charge on any atom is 0.317 e. The standard InChI is InChI=1S/C23H26N2O5/c1-4-15-12-25(28)10-9-22-16-7-5-6-8-18(16)24-20(22)19(25)11-17(15)23(22,21(27)29-3)13-30-14(2)26/h4-8,17,19H,9-13H2,1-3H3/b15-4-/t17-,19+,22-,23?,25?/m1/s1. The minimum atomic E-state index is -1.15. The lowest BCUT2D eigenvalue weighted by atomic mass is 9.43. The van der Waals surface area contributed by atoms with Crippen molar-refractivity contribution in [3.8, 4) is 0 Å². The van der Waals surface area contributed by atoms with Crippen LogP contribution in [0, 0.1) is 16.5 Å². The predicted octanol–water partition coefficient (Wildman–Crippen LogP) is 2.80. The number of carbonyl (C=O) groups excluding carboxylic acids is 2. The number of hydrogen-bond donors (Lipinski definition) is 0. The topological polar surface area (TPSA) is 88.0 Å². The third-order valence-electron chi connectivity index (χ3n) is 7.93. The van der Waals surface area contributed by atoms with Gasteiger partial charge in [0.05, 0.1) is 30.5 Å². The zero-order valence-corrected chi connectivity index (χ0v) is 17.5. The Hall–Kier alpha value is -2.51. The summed E-state index contributed by atoms with van der Waals surface area (Å²) in [7, 11) is 1.38. The molecule has 3 bridgehead atoms. The summed E-state index contributed by atoms with van der Waals surface area (Å²) in [6.07, 6.45) is 2.94. The molecule has 1 saturated carbocycles. The monoisotopic (exact) mass is 410 g/mol. The number of quaternary nitrogens is 1. The predicted molar refractivity (Wildman–Crippen MR) is 110 cm³/mol. The van der Waals surface area contributed by atoms with Gasteiger partial charge in [-0.2, -0.15) is 0 Å². The number of para-hydroxylation sites is 1. The van der Waals surface area contributed by atoms with Gasteiger partial charge < -0.3 is 19.3 Å². The Morgan fingerprint density at radius 2 is 2.13 bits per heavy atom. The van der Waals surface area contributed by atoms with E-state index in [4.69, 9.17) is 14.5 Å². The summed E-state index contributed by atoms with van der Waals surface area (Å²) >= 11 is 0. The summed E-state index contributed by atoms with van der Waals surface area (Å²) < 4.78 is 10.7. The molecule has 7 heteroatoms. The molecular formula is C23H26N2O5. The molecule has 1 aliphatic carbocycles. The van der Waals surface area contributed by atoms with E-state index in [1.807, 2.05) is 37.3 Å². The summed E-state index contributed by atoms with van der Waals surface area (Å²) in [6.45, 7) is 3.89. The van der Waals surface area contributed by atoms with Crippen LogP contribution in [0.15, 0.2) is 40.9 Å². The van der Waals surface area contributed by atoms with E-state index in [0.717, 1.165) is 22.5 Å². The van der Waals surface area contributed by atoms with Crippen molar-refractivity contribution in [3.05, 3.63) is 46.7 Å². The van der Waals surface area contributed by atoms with Crippen molar-refractivity contribution in [2.24, 2.45) is 16.3 Å². The molecule has 0 amide bonds. The molecule has 2 saturated heterocycles. The van der Waals surface area contributed by atoms with E-state index in [0.29, 0.717) is 25.9 Å². The second kappa shape index (κ2) is 6.25. The van der Waals surface area contributed by atoms with Gasteiger partial charge >= 0.3 is 11.9 Å². The van der Waals surface area contributed by atoms with Crippen LogP contribution in [-0.4, -0.2) is 55.1 Å². The molecule has 0 spiro atoms. The molecular weight excluding hydrogens is 384 g/mol. The maximum absolute atomic E-state index is 13.9. The summed E-state index contributed by atoms with van der Waals surface area (Å²) in [5.41, 5.74) is 1.50. The number of piperidine rings is 2. The lowest BCUT2D eigenvalue weighted by Crippen LogP contribution is -2.79. The van der Waals surface area contributed by atoms with Crippen molar-refractivity contribution in [1.29, 1.82) is 0 Å². The molecule has 4 aliphatic rings. The molecule has 7 nitrogen and oxygen atoms in total. The number of hydroxylamine groups is 3. The first-order chi connectivity index (χ1) is 14.3.